The third-order valence-corrected chi connectivity index (χ3v) is 4.73. The summed E-state index contributed by atoms with van der Waals surface area (Å²) in [5.41, 5.74) is 0.783. The van der Waals surface area contributed by atoms with Crippen molar-refractivity contribution >= 4 is 54.1 Å². The van der Waals surface area contributed by atoms with Crippen molar-refractivity contribution in [2.45, 2.75) is 0 Å². The van der Waals surface area contributed by atoms with E-state index in [1.54, 1.807) is 18.2 Å². The Bertz CT molecular complexity index is 1100. The summed E-state index contributed by atoms with van der Waals surface area (Å²) in [6.07, 6.45) is 1.02. The smallest absolute Gasteiger partial charge is 0.308 e. The van der Waals surface area contributed by atoms with Gasteiger partial charge in [-0.3, -0.25) is 4.72 Å². The standard InChI is InChI=1S/C15H12F2N4O3S2/c1-26(23,24)21-15-20-12-5-3-9(7-13(12)25-15)18-14(22)19-11-4-2-8(16)6-10(11)17/h2-7H,1H3,(H,20,21)(H2,18,19,22). The fourth-order valence-electron chi connectivity index (χ4n) is 2.08. The second-order valence-corrected chi connectivity index (χ2v) is 8.06. The number of amides is 2. The van der Waals surface area contributed by atoms with Crippen LogP contribution >= 0.6 is 11.3 Å². The van der Waals surface area contributed by atoms with Crippen molar-refractivity contribution in [3.05, 3.63) is 48.0 Å². The first-order chi connectivity index (χ1) is 12.2. The zero-order valence-corrected chi connectivity index (χ0v) is 14.8. The predicted octanol–water partition coefficient (Wildman–Crippen LogP) is 3.59. The van der Waals surface area contributed by atoms with E-state index in [-0.39, 0.29) is 10.8 Å². The number of carbonyl (C=O) groups is 1. The second-order valence-electron chi connectivity index (χ2n) is 5.28. The highest BCUT2D eigenvalue weighted by atomic mass is 32.2. The average molecular weight is 398 g/mol. The monoisotopic (exact) mass is 398 g/mol. The van der Waals surface area contributed by atoms with Crippen molar-refractivity contribution in [1.82, 2.24) is 4.98 Å². The van der Waals surface area contributed by atoms with Gasteiger partial charge in [0.15, 0.2) is 5.13 Å². The first-order valence-corrected chi connectivity index (χ1v) is 9.82. The molecule has 0 spiro atoms. The Labute approximate surface area is 151 Å². The van der Waals surface area contributed by atoms with Crippen LogP contribution < -0.4 is 15.4 Å². The first kappa shape index (κ1) is 18.0. The Morgan fingerprint density at radius 3 is 2.58 bits per heavy atom. The van der Waals surface area contributed by atoms with Gasteiger partial charge in [-0.25, -0.2) is 27.0 Å². The molecule has 136 valence electrons. The van der Waals surface area contributed by atoms with Gasteiger partial charge in [-0.1, -0.05) is 11.3 Å². The van der Waals surface area contributed by atoms with E-state index >= 15 is 0 Å². The number of nitrogens with one attached hydrogen (secondary N) is 3. The Hall–Kier alpha value is -2.79. The normalized spacial score (nSPS) is 11.3. The van der Waals surface area contributed by atoms with Gasteiger partial charge in [-0.05, 0) is 30.3 Å². The van der Waals surface area contributed by atoms with Gasteiger partial charge in [0, 0.05) is 11.8 Å². The maximum atomic E-state index is 13.6. The Kier molecular flexibility index (Phi) is 4.74. The van der Waals surface area contributed by atoms with Gasteiger partial charge >= 0.3 is 6.03 Å². The van der Waals surface area contributed by atoms with Crippen LogP contribution in [-0.4, -0.2) is 25.7 Å². The average Bonchev–Trinajstić information content (AvgIpc) is 2.89. The highest BCUT2D eigenvalue weighted by Crippen LogP contribution is 2.29. The maximum Gasteiger partial charge on any atom is 0.323 e. The minimum Gasteiger partial charge on any atom is -0.308 e. The number of carbonyl (C=O) groups excluding carboxylic acids is 1. The number of anilines is 3. The Morgan fingerprint density at radius 2 is 1.88 bits per heavy atom. The number of halogens is 2. The molecule has 0 atom stereocenters. The highest BCUT2D eigenvalue weighted by molar-refractivity contribution is 7.92. The molecule has 0 aliphatic heterocycles. The molecule has 0 aliphatic rings. The molecular formula is C15H12F2N4O3S2. The largest absolute Gasteiger partial charge is 0.323 e. The third-order valence-electron chi connectivity index (χ3n) is 3.10. The molecule has 1 aromatic heterocycles. The van der Waals surface area contributed by atoms with Crippen LogP contribution in [0, 0.1) is 11.6 Å². The van der Waals surface area contributed by atoms with Crippen molar-refractivity contribution < 1.29 is 22.0 Å². The van der Waals surface area contributed by atoms with Crippen molar-refractivity contribution in [2.75, 3.05) is 21.6 Å². The lowest BCUT2D eigenvalue weighted by atomic mass is 10.3. The molecule has 7 nitrogen and oxygen atoms in total. The van der Waals surface area contributed by atoms with Crippen molar-refractivity contribution in [3.63, 3.8) is 0 Å². The molecule has 11 heteroatoms. The SMILES string of the molecule is CS(=O)(=O)Nc1nc2ccc(NC(=O)Nc3ccc(F)cc3F)cc2s1. The summed E-state index contributed by atoms with van der Waals surface area (Å²) >= 11 is 1.10. The number of aromatic nitrogens is 1. The van der Waals surface area contributed by atoms with Gasteiger partial charge in [0.1, 0.15) is 11.6 Å². The molecule has 0 saturated carbocycles. The van der Waals surface area contributed by atoms with Gasteiger partial charge in [0.25, 0.3) is 0 Å². The molecule has 26 heavy (non-hydrogen) atoms. The molecule has 0 bridgehead atoms. The topological polar surface area (TPSA) is 100 Å². The lowest BCUT2D eigenvalue weighted by molar-refractivity contribution is 0.262. The molecule has 0 unspecified atom stereocenters. The molecule has 3 N–H and O–H groups in total. The number of hydrogen-bond donors (Lipinski definition) is 3. The van der Waals surface area contributed by atoms with Crippen LogP contribution in [0.25, 0.3) is 10.2 Å². The summed E-state index contributed by atoms with van der Waals surface area (Å²) in [5, 5.41) is 4.99. The van der Waals surface area contributed by atoms with E-state index in [1.165, 1.54) is 0 Å². The van der Waals surface area contributed by atoms with E-state index < -0.39 is 27.7 Å². The molecular weight excluding hydrogens is 386 g/mol. The van der Waals surface area contributed by atoms with Gasteiger partial charge < -0.3 is 10.6 Å². The van der Waals surface area contributed by atoms with E-state index in [9.17, 15) is 22.0 Å². The van der Waals surface area contributed by atoms with Crippen LogP contribution in [0.1, 0.15) is 0 Å². The molecule has 3 aromatic rings. The minimum absolute atomic E-state index is 0.164. The fourth-order valence-corrected chi connectivity index (χ4v) is 3.82. The maximum absolute atomic E-state index is 13.6. The molecule has 2 amide bonds. The van der Waals surface area contributed by atoms with Crippen molar-refractivity contribution in [1.29, 1.82) is 0 Å². The van der Waals surface area contributed by atoms with Gasteiger partial charge in [-0.2, -0.15) is 0 Å². The molecule has 0 saturated heterocycles. The zero-order valence-electron chi connectivity index (χ0n) is 13.2. The molecule has 0 radical (unpaired) electrons. The van der Waals surface area contributed by atoms with E-state index in [0.29, 0.717) is 22.0 Å². The van der Waals surface area contributed by atoms with Crippen LogP contribution in [0.15, 0.2) is 36.4 Å². The summed E-state index contributed by atoms with van der Waals surface area (Å²) in [6, 6.07) is 6.85. The minimum atomic E-state index is -3.44. The lowest BCUT2D eigenvalue weighted by Gasteiger charge is -2.08. The van der Waals surface area contributed by atoms with Crippen LogP contribution in [0.2, 0.25) is 0 Å². The number of thiazole rings is 1. The van der Waals surface area contributed by atoms with Gasteiger partial charge in [0.05, 0.1) is 22.2 Å². The van der Waals surface area contributed by atoms with Crippen molar-refractivity contribution in [3.8, 4) is 0 Å². The van der Waals surface area contributed by atoms with Gasteiger partial charge in [0.2, 0.25) is 10.0 Å². The third kappa shape index (κ3) is 4.43. The number of benzene rings is 2. The van der Waals surface area contributed by atoms with Crippen LogP contribution in [0.3, 0.4) is 0 Å². The molecule has 3 rings (SSSR count). The number of urea groups is 1. The van der Waals surface area contributed by atoms with Gasteiger partial charge in [-0.15, -0.1) is 0 Å². The number of nitrogens with zero attached hydrogens (tertiary/aromatic N) is 1. The summed E-state index contributed by atoms with van der Waals surface area (Å²) in [4.78, 5) is 16.1. The van der Waals surface area contributed by atoms with E-state index in [2.05, 4.69) is 20.3 Å². The number of hydrogen-bond acceptors (Lipinski definition) is 5. The number of rotatable bonds is 4. The van der Waals surface area contributed by atoms with E-state index in [0.717, 1.165) is 29.7 Å². The zero-order chi connectivity index (χ0) is 18.9. The van der Waals surface area contributed by atoms with E-state index in [4.69, 9.17) is 0 Å². The predicted molar refractivity (Wildman–Crippen MR) is 97.1 cm³/mol. The van der Waals surface area contributed by atoms with Crippen LogP contribution in [-0.2, 0) is 10.0 Å². The molecule has 1 heterocycles. The lowest BCUT2D eigenvalue weighted by Crippen LogP contribution is -2.20. The Morgan fingerprint density at radius 1 is 1.12 bits per heavy atom. The molecule has 0 aliphatic carbocycles. The molecule has 0 fully saturated rings. The quantitative estimate of drug-likeness (QED) is 0.625. The van der Waals surface area contributed by atoms with Crippen LogP contribution in [0.5, 0.6) is 0 Å². The van der Waals surface area contributed by atoms with E-state index in [1.807, 2.05) is 0 Å². The highest BCUT2D eigenvalue weighted by Gasteiger charge is 2.11. The fraction of sp³-hybridized carbons (Fsp3) is 0.0667. The summed E-state index contributed by atoms with van der Waals surface area (Å²) in [5.74, 6) is -1.64. The van der Waals surface area contributed by atoms with Crippen LogP contribution in [0.4, 0.5) is 30.1 Å². The van der Waals surface area contributed by atoms with Crippen molar-refractivity contribution in [2.24, 2.45) is 0 Å². The summed E-state index contributed by atoms with van der Waals surface area (Å²) in [6.45, 7) is 0. The number of fused-ring (bicyclic) bond motifs is 1. The summed E-state index contributed by atoms with van der Waals surface area (Å²) < 4.78 is 51.8. The number of sulfonamides is 1. The summed E-state index contributed by atoms with van der Waals surface area (Å²) in [7, 11) is -3.44. The molecule has 2 aromatic carbocycles. The Balaban J connectivity index is 1.74. The second kappa shape index (κ2) is 6.84. The first-order valence-electron chi connectivity index (χ1n) is 7.11.